The Morgan fingerprint density at radius 2 is 2.38 bits per heavy atom. The zero-order valence-corrected chi connectivity index (χ0v) is 9.87. The van der Waals surface area contributed by atoms with Crippen molar-refractivity contribution in [2.75, 3.05) is 6.54 Å². The maximum atomic E-state index is 11.7. The summed E-state index contributed by atoms with van der Waals surface area (Å²) in [5.41, 5.74) is 0.274. The summed E-state index contributed by atoms with van der Waals surface area (Å²) in [7, 11) is 0. The summed E-state index contributed by atoms with van der Waals surface area (Å²) >= 11 is 5.66. The molecule has 1 aromatic rings. The van der Waals surface area contributed by atoms with E-state index in [9.17, 15) is 4.79 Å². The molecule has 1 unspecified atom stereocenters. The predicted molar refractivity (Wildman–Crippen MR) is 61.3 cm³/mol. The molecule has 1 saturated carbocycles. The number of aromatic nitrogens is 2. The van der Waals surface area contributed by atoms with Crippen molar-refractivity contribution in [1.29, 1.82) is 0 Å². The minimum atomic E-state index is -0.206. The highest BCUT2D eigenvalue weighted by Crippen LogP contribution is 2.36. The molecule has 1 aliphatic rings. The van der Waals surface area contributed by atoms with Gasteiger partial charge in [-0.15, -0.1) is 0 Å². The highest BCUT2D eigenvalue weighted by atomic mass is 35.5. The Morgan fingerprint density at radius 1 is 1.62 bits per heavy atom. The molecule has 0 spiro atoms. The monoisotopic (exact) mass is 239 g/mol. The fourth-order valence-electron chi connectivity index (χ4n) is 1.63. The largest absolute Gasteiger partial charge is 0.350 e. The average Bonchev–Trinajstić information content (AvgIpc) is 3.09. The van der Waals surface area contributed by atoms with Crippen LogP contribution in [-0.4, -0.2) is 22.4 Å². The van der Waals surface area contributed by atoms with Crippen LogP contribution in [0.5, 0.6) is 0 Å². The van der Waals surface area contributed by atoms with E-state index in [-0.39, 0.29) is 16.8 Å². The number of halogens is 1. The second-order valence-corrected chi connectivity index (χ2v) is 4.64. The van der Waals surface area contributed by atoms with E-state index in [1.165, 1.54) is 25.2 Å². The smallest absolute Gasteiger partial charge is 0.271 e. The first-order chi connectivity index (χ1) is 7.66. The highest BCUT2D eigenvalue weighted by Gasteiger charge is 2.27. The van der Waals surface area contributed by atoms with E-state index in [1.54, 1.807) is 0 Å². The molecule has 16 heavy (non-hydrogen) atoms. The van der Waals surface area contributed by atoms with Gasteiger partial charge in [0.25, 0.3) is 5.91 Å². The minimum Gasteiger partial charge on any atom is -0.350 e. The van der Waals surface area contributed by atoms with Gasteiger partial charge in [0.05, 0.1) is 12.4 Å². The maximum Gasteiger partial charge on any atom is 0.271 e. The number of hydrogen-bond donors (Lipinski definition) is 1. The van der Waals surface area contributed by atoms with Gasteiger partial charge in [-0.3, -0.25) is 9.78 Å². The summed E-state index contributed by atoms with van der Waals surface area (Å²) in [6.45, 7) is 2.85. The molecule has 1 heterocycles. The van der Waals surface area contributed by atoms with Crippen LogP contribution in [-0.2, 0) is 0 Å². The lowest BCUT2D eigenvalue weighted by Gasteiger charge is -2.10. The Labute approximate surface area is 99.4 Å². The summed E-state index contributed by atoms with van der Waals surface area (Å²) in [5.74, 6) is 1.12. The molecule has 4 nitrogen and oxygen atoms in total. The van der Waals surface area contributed by atoms with E-state index in [2.05, 4.69) is 22.2 Å². The third kappa shape index (κ3) is 2.92. The van der Waals surface area contributed by atoms with Crippen LogP contribution >= 0.6 is 11.6 Å². The van der Waals surface area contributed by atoms with Crippen LogP contribution in [0.2, 0.25) is 5.15 Å². The van der Waals surface area contributed by atoms with E-state index < -0.39 is 0 Å². The Kier molecular flexibility index (Phi) is 3.39. The molecule has 0 radical (unpaired) electrons. The van der Waals surface area contributed by atoms with Gasteiger partial charge in [-0.2, -0.15) is 0 Å². The molecule has 1 aliphatic carbocycles. The molecular formula is C11H14ClN3O. The van der Waals surface area contributed by atoms with Gasteiger partial charge in [0, 0.05) is 6.54 Å². The molecule has 0 aliphatic heterocycles. The maximum absolute atomic E-state index is 11.7. The lowest BCUT2D eigenvalue weighted by Crippen LogP contribution is -2.29. The zero-order chi connectivity index (χ0) is 11.5. The van der Waals surface area contributed by atoms with Crippen LogP contribution in [0.3, 0.4) is 0 Å². The average molecular weight is 240 g/mol. The third-order valence-electron chi connectivity index (χ3n) is 2.85. The molecule has 0 bridgehead atoms. The lowest BCUT2D eigenvalue weighted by molar-refractivity contribution is 0.0941. The van der Waals surface area contributed by atoms with E-state index in [0.717, 1.165) is 5.92 Å². The van der Waals surface area contributed by atoms with Crippen molar-refractivity contribution in [3.63, 3.8) is 0 Å². The fourth-order valence-corrected chi connectivity index (χ4v) is 1.78. The molecule has 0 saturated heterocycles. The molecule has 1 aromatic heterocycles. The topological polar surface area (TPSA) is 54.9 Å². The quantitative estimate of drug-likeness (QED) is 0.873. The number of hydrogen-bond acceptors (Lipinski definition) is 3. The van der Waals surface area contributed by atoms with Crippen LogP contribution in [0.4, 0.5) is 0 Å². The third-order valence-corrected chi connectivity index (χ3v) is 3.03. The second-order valence-electron chi connectivity index (χ2n) is 4.25. The molecular weight excluding hydrogens is 226 g/mol. The molecule has 5 heteroatoms. The molecule has 86 valence electrons. The molecule has 1 N–H and O–H groups in total. The van der Waals surface area contributed by atoms with Gasteiger partial charge < -0.3 is 5.32 Å². The highest BCUT2D eigenvalue weighted by molar-refractivity contribution is 6.29. The standard InChI is InChI=1S/C11H14ClN3O/c1-7(8-2-3-8)4-14-11(16)9-5-13-6-10(12)15-9/h5-8H,2-4H2,1H3,(H,14,16). The number of nitrogens with zero attached hydrogens (tertiary/aromatic N) is 2. The Morgan fingerprint density at radius 3 is 3.00 bits per heavy atom. The summed E-state index contributed by atoms with van der Waals surface area (Å²) in [5, 5.41) is 3.09. The van der Waals surface area contributed by atoms with Crippen molar-refractivity contribution >= 4 is 17.5 Å². The number of nitrogens with one attached hydrogen (secondary N) is 1. The summed E-state index contributed by atoms with van der Waals surface area (Å²) in [6, 6.07) is 0. The van der Waals surface area contributed by atoms with Crippen molar-refractivity contribution in [3.05, 3.63) is 23.2 Å². The summed E-state index contributed by atoms with van der Waals surface area (Å²) in [6.07, 6.45) is 5.40. The first-order valence-electron chi connectivity index (χ1n) is 5.42. The van der Waals surface area contributed by atoms with E-state index in [4.69, 9.17) is 11.6 Å². The summed E-state index contributed by atoms with van der Waals surface area (Å²) in [4.78, 5) is 19.4. The van der Waals surface area contributed by atoms with Crippen LogP contribution in [0, 0.1) is 11.8 Å². The van der Waals surface area contributed by atoms with Crippen molar-refractivity contribution in [1.82, 2.24) is 15.3 Å². The van der Waals surface area contributed by atoms with Crippen LogP contribution in [0.15, 0.2) is 12.4 Å². The van der Waals surface area contributed by atoms with Gasteiger partial charge in [0.15, 0.2) is 0 Å². The lowest BCUT2D eigenvalue weighted by atomic mass is 10.1. The number of rotatable bonds is 4. The molecule has 1 fully saturated rings. The first-order valence-corrected chi connectivity index (χ1v) is 5.80. The molecule has 1 amide bonds. The SMILES string of the molecule is CC(CNC(=O)c1cncc(Cl)n1)C1CC1. The first kappa shape index (κ1) is 11.3. The van der Waals surface area contributed by atoms with Gasteiger partial charge in [0.1, 0.15) is 10.8 Å². The van der Waals surface area contributed by atoms with E-state index in [0.29, 0.717) is 12.5 Å². The van der Waals surface area contributed by atoms with E-state index >= 15 is 0 Å². The normalized spacial score (nSPS) is 16.9. The Bertz CT molecular complexity index is 393. The van der Waals surface area contributed by atoms with E-state index in [1.807, 2.05) is 0 Å². The van der Waals surface area contributed by atoms with Gasteiger partial charge in [0.2, 0.25) is 0 Å². The van der Waals surface area contributed by atoms with Crippen LogP contribution < -0.4 is 5.32 Å². The van der Waals surface area contributed by atoms with Crippen molar-refractivity contribution in [2.24, 2.45) is 11.8 Å². The number of carbonyl (C=O) groups excluding carboxylic acids is 1. The van der Waals surface area contributed by atoms with Gasteiger partial charge in [-0.25, -0.2) is 4.98 Å². The van der Waals surface area contributed by atoms with Crippen molar-refractivity contribution < 1.29 is 4.79 Å². The Balaban J connectivity index is 1.87. The van der Waals surface area contributed by atoms with Gasteiger partial charge in [-0.1, -0.05) is 18.5 Å². The van der Waals surface area contributed by atoms with Crippen LogP contribution in [0.25, 0.3) is 0 Å². The molecule has 2 rings (SSSR count). The molecule has 1 atom stereocenters. The van der Waals surface area contributed by atoms with Crippen molar-refractivity contribution in [2.45, 2.75) is 19.8 Å². The van der Waals surface area contributed by atoms with Crippen molar-refractivity contribution in [3.8, 4) is 0 Å². The van der Waals surface area contributed by atoms with Crippen LogP contribution in [0.1, 0.15) is 30.3 Å². The second kappa shape index (κ2) is 4.78. The zero-order valence-electron chi connectivity index (χ0n) is 9.11. The van der Waals surface area contributed by atoms with Gasteiger partial charge >= 0.3 is 0 Å². The number of amides is 1. The van der Waals surface area contributed by atoms with Gasteiger partial charge in [-0.05, 0) is 24.7 Å². The summed E-state index contributed by atoms with van der Waals surface area (Å²) < 4.78 is 0. The molecule has 0 aromatic carbocycles. The predicted octanol–water partition coefficient (Wildman–Crippen LogP) is 1.91. The fraction of sp³-hybridized carbons (Fsp3) is 0.545. The minimum absolute atomic E-state index is 0.206. The number of carbonyl (C=O) groups is 1. The Hall–Kier alpha value is -1.16.